The molecule has 0 N–H and O–H groups in total. The summed E-state index contributed by atoms with van der Waals surface area (Å²) in [6, 6.07) is 0.592. The van der Waals surface area contributed by atoms with Crippen molar-refractivity contribution in [2.75, 3.05) is 39.4 Å². The van der Waals surface area contributed by atoms with E-state index in [0.717, 1.165) is 26.2 Å². The van der Waals surface area contributed by atoms with Gasteiger partial charge in [0.05, 0.1) is 19.1 Å². The summed E-state index contributed by atoms with van der Waals surface area (Å²) in [4.78, 5) is 16.3. The zero-order valence-corrected chi connectivity index (χ0v) is 9.61. The molecule has 15 heavy (non-hydrogen) atoms. The summed E-state index contributed by atoms with van der Waals surface area (Å²) in [5, 5.41) is 0. The van der Waals surface area contributed by atoms with Crippen LogP contribution >= 0.6 is 0 Å². The summed E-state index contributed by atoms with van der Waals surface area (Å²) >= 11 is 0. The van der Waals surface area contributed by atoms with E-state index in [4.69, 9.17) is 4.74 Å². The third-order valence-electron chi connectivity index (χ3n) is 3.34. The highest BCUT2D eigenvalue weighted by molar-refractivity contribution is 5.79. The van der Waals surface area contributed by atoms with Crippen molar-refractivity contribution >= 4 is 5.91 Å². The summed E-state index contributed by atoms with van der Waals surface area (Å²) in [6.07, 6.45) is 0. The first-order valence-corrected chi connectivity index (χ1v) is 5.79. The molecule has 0 bridgehead atoms. The van der Waals surface area contributed by atoms with Crippen LogP contribution in [0.25, 0.3) is 0 Å². The summed E-state index contributed by atoms with van der Waals surface area (Å²) in [5.41, 5.74) is 0. The zero-order chi connectivity index (χ0) is 10.8. The Kier molecular flexibility index (Phi) is 3.26. The van der Waals surface area contributed by atoms with Crippen LogP contribution in [0, 0.1) is 5.92 Å². The molecule has 2 aliphatic rings. The van der Waals surface area contributed by atoms with Gasteiger partial charge in [0.25, 0.3) is 0 Å². The Morgan fingerprint density at radius 3 is 2.20 bits per heavy atom. The summed E-state index contributed by atoms with van der Waals surface area (Å²) in [7, 11) is 0. The largest absolute Gasteiger partial charge is 0.380 e. The molecule has 0 atom stereocenters. The molecule has 2 aliphatic heterocycles. The summed E-state index contributed by atoms with van der Waals surface area (Å²) in [5.74, 6) is 0.445. The molecule has 0 aliphatic carbocycles. The van der Waals surface area contributed by atoms with Crippen molar-refractivity contribution in [3.05, 3.63) is 0 Å². The maximum atomic E-state index is 11.9. The lowest BCUT2D eigenvalue weighted by molar-refractivity contribution is -0.151. The molecule has 0 aromatic rings. The molecule has 4 heteroatoms. The van der Waals surface area contributed by atoms with E-state index in [0.29, 0.717) is 25.2 Å². The van der Waals surface area contributed by atoms with Crippen LogP contribution < -0.4 is 0 Å². The smallest absolute Gasteiger partial charge is 0.230 e. The highest BCUT2D eigenvalue weighted by atomic mass is 16.5. The molecule has 86 valence electrons. The van der Waals surface area contributed by atoms with Crippen molar-refractivity contribution in [1.82, 2.24) is 9.80 Å². The van der Waals surface area contributed by atoms with Gasteiger partial charge in [-0.2, -0.15) is 0 Å². The molecule has 0 saturated carbocycles. The molecular weight excluding hydrogens is 192 g/mol. The highest BCUT2D eigenvalue weighted by Crippen LogP contribution is 2.15. The lowest BCUT2D eigenvalue weighted by atomic mass is 10.1. The van der Waals surface area contributed by atoms with Gasteiger partial charge in [-0.1, -0.05) is 0 Å². The van der Waals surface area contributed by atoms with Crippen molar-refractivity contribution in [2.24, 2.45) is 5.92 Å². The van der Waals surface area contributed by atoms with E-state index in [1.807, 2.05) is 4.90 Å². The third kappa shape index (κ3) is 2.32. The maximum Gasteiger partial charge on any atom is 0.230 e. The number of ether oxygens (including phenoxy) is 1. The maximum absolute atomic E-state index is 11.9. The number of rotatable bonds is 2. The number of hydrogen-bond acceptors (Lipinski definition) is 3. The van der Waals surface area contributed by atoms with Crippen molar-refractivity contribution < 1.29 is 9.53 Å². The van der Waals surface area contributed by atoms with Crippen LogP contribution in [0.15, 0.2) is 0 Å². The summed E-state index contributed by atoms with van der Waals surface area (Å²) < 4.78 is 5.05. The van der Waals surface area contributed by atoms with Gasteiger partial charge in [-0.05, 0) is 13.8 Å². The number of piperazine rings is 1. The molecule has 0 aromatic heterocycles. The SMILES string of the molecule is CC(C)N1CCN(C(=O)C2COC2)CC1. The van der Waals surface area contributed by atoms with Gasteiger partial charge in [0.2, 0.25) is 5.91 Å². The number of nitrogens with zero attached hydrogens (tertiary/aromatic N) is 2. The van der Waals surface area contributed by atoms with Crippen molar-refractivity contribution in [3.8, 4) is 0 Å². The first-order valence-electron chi connectivity index (χ1n) is 5.79. The molecule has 4 nitrogen and oxygen atoms in total. The van der Waals surface area contributed by atoms with Gasteiger partial charge in [0, 0.05) is 32.2 Å². The highest BCUT2D eigenvalue weighted by Gasteiger charge is 2.32. The predicted octanol–water partition coefficient (Wildman–Crippen LogP) is 0.185. The van der Waals surface area contributed by atoms with Gasteiger partial charge >= 0.3 is 0 Å². The van der Waals surface area contributed by atoms with Crippen LogP contribution in [0.1, 0.15) is 13.8 Å². The van der Waals surface area contributed by atoms with Crippen LogP contribution in [-0.2, 0) is 9.53 Å². The molecule has 0 radical (unpaired) electrons. The molecule has 0 unspecified atom stereocenters. The van der Waals surface area contributed by atoms with Crippen LogP contribution in [0.3, 0.4) is 0 Å². The second-order valence-corrected chi connectivity index (χ2v) is 4.69. The molecular formula is C11H20N2O2. The summed E-state index contributed by atoms with van der Waals surface area (Å²) in [6.45, 7) is 9.45. The van der Waals surface area contributed by atoms with E-state index in [1.54, 1.807) is 0 Å². The lowest BCUT2D eigenvalue weighted by Crippen LogP contribution is -2.54. The Labute approximate surface area is 91.2 Å². The van der Waals surface area contributed by atoms with E-state index in [1.165, 1.54) is 0 Å². The van der Waals surface area contributed by atoms with Gasteiger partial charge < -0.3 is 9.64 Å². The number of hydrogen-bond donors (Lipinski definition) is 0. The van der Waals surface area contributed by atoms with E-state index < -0.39 is 0 Å². The Hall–Kier alpha value is -0.610. The average molecular weight is 212 g/mol. The average Bonchev–Trinajstić information content (AvgIpc) is 2.15. The third-order valence-corrected chi connectivity index (χ3v) is 3.34. The molecule has 2 rings (SSSR count). The van der Waals surface area contributed by atoms with Crippen molar-refractivity contribution in [2.45, 2.75) is 19.9 Å². The van der Waals surface area contributed by atoms with Crippen LogP contribution in [0.4, 0.5) is 0 Å². The monoisotopic (exact) mass is 212 g/mol. The standard InChI is InChI=1S/C11H20N2O2/c1-9(2)12-3-5-13(6-4-12)11(14)10-7-15-8-10/h9-10H,3-8H2,1-2H3. The Morgan fingerprint density at radius 1 is 1.20 bits per heavy atom. The lowest BCUT2D eigenvalue weighted by Gasteiger charge is -2.39. The van der Waals surface area contributed by atoms with Crippen molar-refractivity contribution in [1.29, 1.82) is 0 Å². The number of carbonyl (C=O) groups excluding carboxylic acids is 1. The fraction of sp³-hybridized carbons (Fsp3) is 0.909. The van der Waals surface area contributed by atoms with E-state index in [2.05, 4.69) is 18.7 Å². The van der Waals surface area contributed by atoms with Gasteiger partial charge in [-0.15, -0.1) is 0 Å². The molecule has 2 fully saturated rings. The Bertz CT molecular complexity index is 231. The second-order valence-electron chi connectivity index (χ2n) is 4.69. The van der Waals surface area contributed by atoms with Gasteiger partial charge in [0.15, 0.2) is 0 Å². The van der Waals surface area contributed by atoms with E-state index in [-0.39, 0.29) is 5.92 Å². The molecule has 1 amide bonds. The minimum atomic E-state index is 0.149. The topological polar surface area (TPSA) is 32.8 Å². The zero-order valence-electron chi connectivity index (χ0n) is 9.61. The number of carbonyl (C=O) groups is 1. The van der Waals surface area contributed by atoms with E-state index in [9.17, 15) is 4.79 Å². The van der Waals surface area contributed by atoms with Gasteiger partial charge in [-0.3, -0.25) is 9.69 Å². The van der Waals surface area contributed by atoms with Crippen LogP contribution in [-0.4, -0.2) is 61.1 Å². The molecule has 0 aromatic carbocycles. The fourth-order valence-corrected chi connectivity index (χ4v) is 2.10. The minimum absolute atomic E-state index is 0.149. The second kappa shape index (κ2) is 4.49. The molecule has 2 heterocycles. The number of amides is 1. The minimum Gasteiger partial charge on any atom is -0.380 e. The van der Waals surface area contributed by atoms with Crippen LogP contribution in [0.2, 0.25) is 0 Å². The first kappa shape index (κ1) is 10.9. The molecule has 2 saturated heterocycles. The fourth-order valence-electron chi connectivity index (χ4n) is 2.10. The van der Waals surface area contributed by atoms with E-state index >= 15 is 0 Å². The Morgan fingerprint density at radius 2 is 1.80 bits per heavy atom. The van der Waals surface area contributed by atoms with Crippen LogP contribution in [0.5, 0.6) is 0 Å². The molecule has 0 spiro atoms. The Balaban J connectivity index is 1.79. The quantitative estimate of drug-likeness (QED) is 0.655. The van der Waals surface area contributed by atoms with Gasteiger partial charge in [-0.25, -0.2) is 0 Å². The normalized spacial score (nSPS) is 24.3. The predicted molar refractivity (Wildman–Crippen MR) is 57.6 cm³/mol. The first-order chi connectivity index (χ1) is 7.18. The van der Waals surface area contributed by atoms with Gasteiger partial charge in [0.1, 0.15) is 0 Å². The van der Waals surface area contributed by atoms with Crippen molar-refractivity contribution in [3.63, 3.8) is 0 Å².